The highest BCUT2D eigenvalue weighted by molar-refractivity contribution is 6.00. The average molecular weight is 334 g/mol. The Morgan fingerprint density at radius 1 is 0.920 bits per heavy atom. The molecule has 4 nitrogen and oxygen atoms in total. The minimum atomic E-state index is -0.336. The van der Waals surface area contributed by atoms with Crippen molar-refractivity contribution < 1.29 is 9.59 Å². The van der Waals surface area contributed by atoms with Crippen LogP contribution in [-0.4, -0.2) is 29.3 Å². The Morgan fingerprint density at radius 3 is 2.40 bits per heavy atom. The number of carbonyl (C=O) groups excluding carboxylic acids is 2. The van der Waals surface area contributed by atoms with Gasteiger partial charge in [0.15, 0.2) is 0 Å². The van der Waals surface area contributed by atoms with Crippen LogP contribution in [0.1, 0.15) is 25.7 Å². The Labute approximate surface area is 147 Å². The van der Waals surface area contributed by atoms with Crippen LogP contribution in [0.2, 0.25) is 0 Å². The summed E-state index contributed by atoms with van der Waals surface area (Å²) in [6, 6.07) is 17.5. The van der Waals surface area contributed by atoms with Crippen LogP contribution < -0.4 is 5.32 Å². The van der Waals surface area contributed by atoms with Crippen molar-refractivity contribution in [2.45, 2.75) is 31.7 Å². The highest BCUT2D eigenvalue weighted by atomic mass is 16.2. The summed E-state index contributed by atoms with van der Waals surface area (Å²) >= 11 is 0. The monoisotopic (exact) mass is 334 g/mol. The Balaban J connectivity index is 1.54. The highest BCUT2D eigenvalue weighted by Gasteiger charge is 2.40. The van der Waals surface area contributed by atoms with E-state index in [1.807, 2.05) is 54.6 Å². The van der Waals surface area contributed by atoms with E-state index < -0.39 is 0 Å². The van der Waals surface area contributed by atoms with E-state index in [9.17, 15) is 9.59 Å². The minimum Gasteiger partial charge on any atom is -0.330 e. The van der Waals surface area contributed by atoms with Gasteiger partial charge in [-0.3, -0.25) is 9.59 Å². The van der Waals surface area contributed by atoms with Crippen molar-refractivity contribution in [3.63, 3.8) is 0 Å². The Morgan fingerprint density at radius 2 is 1.64 bits per heavy atom. The van der Waals surface area contributed by atoms with Crippen molar-refractivity contribution in [1.29, 1.82) is 0 Å². The van der Waals surface area contributed by atoms with Gasteiger partial charge in [0.05, 0.1) is 0 Å². The molecule has 1 saturated carbocycles. The second-order valence-corrected chi connectivity index (χ2v) is 6.86. The second kappa shape index (κ2) is 6.71. The number of rotatable bonds is 4. The molecule has 4 rings (SSSR count). The summed E-state index contributed by atoms with van der Waals surface area (Å²) in [5.41, 5.74) is 2.86. The fourth-order valence-electron chi connectivity index (χ4n) is 3.55. The molecule has 2 fully saturated rings. The smallest absolute Gasteiger partial charge is 0.247 e. The second-order valence-electron chi connectivity index (χ2n) is 6.86. The number of likely N-dealkylation sites (tertiary alicyclic amines) is 1. The van der Waals surface area contributed by atoms with Crippen LogP contribution in [0.3, 0.4) is 0 Å². The molecule has 1 saturated heterocycles. The number of hydrogen-bond donors (Lipinski definition) is 1. The molecule has 2 aromatic rings. The van der Waals surface area contributed by atoms with E-state index in [0.29, 0.717) is 6.54 Å². The lowest BCUT2D eigenvalue weighted by molar-refractivity contribution is -0.137. The number of para-hydroxylation sites is 1. The summed E-state index contributed by atoms with van der Waals surface area (Å²) in [6.07, 6.45) is 3.59. The predicted octanol–water partition coefficient (Wildman–Crippen LogP) is 3.69. The van der Waals surface area contributed by atoms with Crippen LogP contribution in [0.5, 0.6) is 0 Å². The standard InChI is InChI=1S/C21H22N2O2/c24-20(19-11-6-14-23(19)21(25)16-12-13-16)22-18-10-5-4-9-17(18)15-7-2-1-3-8-15/h1-5,7-10,16,19H,6,11-14H2,(H,22,24). The number of carbonyl (C=O) groups is 2. The van der Waals surface area contributed by atoms with Gasteiger partial charge in [-0.2, -0.15) is 0 Å². The maximum atomic E-state index is 12.9. The fourth-order valence-corrected chi connectivity index (χ4v) is 3.55. The van der Waals surface area contributed by atoms with E-state index in [0.717, 1.165) is 42.5 Å². The quantitative estimate of drug-likeness (QED) is 0.927. The van der Waals surface area contributed by atoms with E-state index in [4.69, 9.17) is 0 Å². The van der Waals surface area contributed by atoms with Gasteiger partial charge in [0, 0.05) is 23.7 Å². The molecule has 4 heteroatoms. The molecule has 1 N–H and O–H groups in total. The van der Waals surface area contributed by atoms with Crippen molar-refractivity contribution in [2.75, 3.05) is 11.9 Å². The van der Waals surface area contributed by atoms with Gasteiger partial charge in [0.25, 0.3) is 0 Å². The average Bonchev–Trinajstić information content (AvgIpc) is 3.38. The van der Waals surface area contributed by atoms with Gasteiger partial charge in [0.2, 0.25) is 11.8 Å². The largest absolute Gasteiger partial charge is 0.330 e. The molecule has 0 spiro atoms. The third kappa shape index (κ3) is 3.29. The Bertz CT molecular complexity index is 783. The lowest BCUT2D eigenvalue weighted by Crippen LogP contribution is -2.43. The van der Waals surface area contributed by atoms with Crippen LogP contribution in [0.4, 0.5) is 5.69 Å². The predicted molar refractivity (Wildman–Crippen MR) is 98.0 cm³/mol. The number of hydrogen-bond acceptors (Lipinski definition) is 2. The zero-order valence-corrected chi connectivity index (χ0v) is 14.2. The van der Waals surface area contributed by atoms with Gasteiger partial charge in [-0.05, 0) is 37.3 Å². The summed E-state index contributed by atoms with van der Waals surface area (Å²) in [6.45, 7) is 0.702. The summed E-state index contributed by atoms with van der Waals surface area (Å²) in [4.78, 5) is 27.1. The van der Waals surface area contributed by atoms with Gasteiger partial charge in [-0.25, -0.2) is 0 Å². The van der Waals surface area contributed by atoms with Crippen molar-refractivity contribution >= 4 is 17.5 Å². The molecule has 1 unspecified atom stereocenters. The van der Waals surface area contributed by atoms with Crippen LogP contribution in [0, 0.1) is 5.92 Å². The van der Waals surface area contributed by atoms with Gasteiger partial charge in [0.1, 0.15) is 6.04 Å². The molecule has 0 aromatic heterocycles. The lowest BCUT2D eigenvalue weighted by atomic mass is 10.0. The molecule has 1 aliphatic carbocycles. The summed E-state index contributed by atoms with van der Waals surface area (Å²) in [5.74, 6) is 0.244. The highest BCUT2D eigenvalue weighted by Crippen LogP contribution is 2.34. The fraction of sp³-hybridized carbons (Fsp3) is 0.333. The van der Waals surface area contributed by atoms with Crippen molar-refractivity contribution in [2.24, 2.45) is 5.92 Å². The van der Waals surface area contributed by atoms with E-state index in [1.165, 1.54) is 0 Å². The number of anilines is 1. The van der Waals surface area contributed by atoms with Gasteiger partial charge in [-0.1, -0.05) is 48.5 Å². The zero-order chi connectivity index (χ0) is 17.2. The summed E-state index contributed by atoms with van der Waals surface area (Å²) < 4.78 is 0. The molecule has 25 heavy (non-hydrogen) atoms. The molecule has 0 radical (unpaired) electrons. The lowest BCUT2D eigenvalue weighted by Gasteiger charge is -2.24. The van der Waals surface area contributed by atoms with Crippen LogP contribution in [0.15, 0.2) is 54.6 Å². The zero-order valence-electron chi connectivity index (χ0n) is 14.2. The first-order valence-corrected chi connectivity index (χ1v) is 9.00. The van der Waals surface area contributed by atoms with Crippen LogP contribution in [0.25, 0.3) is 11.1 Å². The summed E-state index contributed by atoms with van der Waals surface area (Å²) in [5, 5.41) is 3.06. The Hall–Kier alpha value is -2.62. The third-order valence-electron chi connectivity index (χ3n) is 5.03. The molecule has 2 amide bonds. The maximum absolute atomic E-state index is 12.9. The normalized spacial score (nSPS) is 19.7. The van der Waals surface area contributed by atoms with Gasteiger partial charge in [-0.15, -0.1) is 0 Å². The minimum absolute atomic E-state index is 0.0742. The van der Waals surface area contributed by atoms with Crippen LogP contribution >= 0.6 is 0 Å². The first-order chi connectivity index (χ1) is 12.2. The van der Waals surface area contributed by atoms with E-state index in [1.54, 1.807) is 4.90 Å². The van der Waals surface area contributed by atoms with Gasteiger partial charge < -0.3 is 10.2 Å². The van der Waals surface area contributed by atoms with E-state index in [-0.39, 0.29) is 23.8 Å². The van der Waals surface area contributed by atoms with Crippen molar-refractivity contribution in [1.82, 2.24) is 4.90 Å². The molecule has 128 valence electrons. The molecule has 2 aromatic carbocycles. The van der Waals surface area contributed by atoms with Crippen LogP contribution in [-0.2, 0) is 9.59 Å². The molecule has 1 aliphatic heterocycles. The molecular formula is C21H22N2O2. The number of nitrogens with zero attached hydrogens (tertiary/aromatic N) is 1. The number of amides is 2. The first-order valence-electron chi connectivity index (χ1n) is 9.00. The first kappa shape index (κ1) is 15.9. The Kier molecular flexibility index (Phi) is 4.26. The topological polar surface area (TPSA) is 49.4 Å². The maximum Gasteiger partial charge on any atom is 0.247 e. The SMILES string of the molecule is O=C(Nc1ccccc1-c1ccccc1)C1CCCN1C(=O)C1CC1. The van der Waals surface area contributed by atoms with Crippen molar-refractivity contribution in [3.8, 4) is 11.1 Å². The van der Waals surface area contributed by atoms with E-state index in [2.05, 4.69) is 5.32 Å². The molecule has 1 heterocycles. The van der Waals surface area contributed by atoms with Crippen molar-refractivity contribution in [3.05, 3.63) is 54.6 Å². The van der Waals surface area contributed by atoms with Gasteiger partial charge >= 0.3 is 0 Å². The molecule has 0 bridgehead atoms. The molecule has 2 aliphatic rings. The number of nitrogens with one attached hydrogen (secondary N) is 1. The molecular weight excluding hydrogens is 312 g/mol. The number of benzene rings is 2. The van der Waals surface area contributed by atoms with E-state index >= 15 is 0 Å². The summed E-state index contributed by atoms with van der Waals surface area (Å²) in [7, 11) is 0. The molecule has 1 atom stereocenters. The third-order valence-corrected chi connectivity index (χ3v) is 5.03.